The second kappa shape index (κ2) is 8.27. The summed E-state index contributed by atoms with van der Waals surface area (Å²) in [7, 11) is 1.61. The molecule has 1 saturated carbocycles. The Morgan fingerprint density at radius 1 is 1.03 bits per heavy atom. The number of nitrogens with zero attached hydrogens (tertiary/aromatic N) is 1. The Bertz CT molecular complexity index is 851. The summed E-state index contributed by atoms with van der Waals surface area (Å²) in [6.07, 6.45) is 4.33. The maximum Gasteiger partial charge on any atom is 0.240 e. The predicted octanol–water partition coefficient (Wildman–Crippen LogP) is 3.90. The number of ether oxygens (including phenoxy) is 1. The minimum Gasteiger partial charge on any atom is -0.497 e. The molecule has 1 saturated heterocycles. The minimum atomic E-state index is -0.869. The summed E-state index contributed by atoms with van der Waals surface area (Å²) < 4.78 is 5.14. The number of carbonyl (C=O) groups excluding carboxylic acids is 2. The van der Waals surface area contributed by atoms with Gasteiger partial charge in [-0.25, -0.2) is 0 Å². The Morgan fingerprint density at radius 3 is 2.28 bits per heavy atom. The highest BCUT2D eigenvalue weighted by Crippen LogP contribution is 2.48. The Labute approximate surface area is 172 Å². The number of hydrogen-bond donors (Lipinski definition) is 1. The lowest BCUT2D eigenvalue weighted by Crippen LogP contribution is -2.46. The van der Waals surface area contributed by atoms with Crippen LogP contribution in [0.3, 0.4) is 0 Å². The second-order valence-corrected chi connectivity index (χ2v) is 8.19. The zero-order valence-corrected chi connectivity index (χ0v) is 16.9. The number of likely N-dealkylation sites (tertiary alicyclic amines) is 1. The van der Waals surface area contributed by atoms with Gasteiger partial charge in [-0.15, -0.1) is 0 Å². The average Bonchev–Trinajstić information content (AvgIpc) is 3.57. The van der Waals surface area contributed by atoms with E-state index >= 15 is 0 Å². The first-order chi connectivity index (χ1) is 14.1. The maximum absolute atomic E-state index is 13.1. The van der Waals surface area contributed by atoms with Gasteiger partial charge in [0.25, 0.3) is 0 Å². The molecule has 5 heteroatoms. The number of nitrogens with one attached hydrogen (secondary N) is 1. The van der Waals surface area contributed by atoms with Crippen molar-refractivity contribution in [3.63, 3.8) is 0 Å². The van der Waals surface area contributed by atoms with Crippen molar-refractivity contribution in [2.24, 2.45) is 11.3 Å². The first-order valence-electron chi connectivity index (χ1n) is 10.4. The van der Waals surface area contributed by atoms with E-state index in [0.717, 1.165) is 38.1 Å². The van der Waals surface area contributed by atoms with E-state index in [9.17, 15) is 9.59 Å². The number of benzene rings is 2. The van der Waals surface area contributed by atoms with Crippen molar-refractivity contribution in [2.45, 2.75) is 32.1 Å². The summed E-state index contributed by atoms with van der Waals surface area (Å²) in [6.45, 7) is 1.49. The first-order valence-corrected chi connectivity index (χ1v) is 10.4. The first kappa shape index (κ1) is 19.5. The van der Waals surface area contributed by atoms with Gasteiger partial charge in [-0.05, 0) is 67.9 Å². The molecule has 2 aromatic carbocycles. The fourth-order valence-corrected chi connectivity index (χ4v) is 4.18. The van der Waals surface area contributed by atoms with Crippen LogP contribution in [0.2, 0.25) is 0 Å². The van der Waals surface area contributed by atoms with Gasteiger partial charge in [0.1, 0.15) is 11.2 Å². The van der Waals surface area contributed by atoms with Crippen LogP contribution in [0.5, 0.6) is 5.75 Å². The van der Waals surface area contributed by atoms with Crippen LogP contribution in [0.15, 0.2) is 54.6 Å². The summed E-state index contributed by atoms with van der Waals surface area (Å²) in [6, 6.07) is 17.7. The van der Waals surface area contributed by atoms with Gasteiger partial charge >= 0.3 is 0 Å². The third-order valence-corrected chi connectivity index (χ3v) is 6.21. The van der Waals surface area contributed by atoms with Crippen LogP contribution in [0.1, 0.15) is 31.2 Å². The number of carbonyl (C=O) groups is 2. The lowest BCUT2D eigenvalue weighted by Gasteiger charge is -2.34. The summed E-state index contributed by atoms with van der Waals surface area (Å²) in [5.41, 5.74) is 1.18. The van der Waals surface area contributed by atoms with E-state index < -0.39 is 5.41 Å². The lowest BCUT2D eigenvalue weighted by atomic mass is 9.89. The van der Waals surface area contributed by atoms with Gasteiger partial charge < -0.3 is 15.0 Å². The van der Waals surface area contributed by atoms with Crippen molar-refractivity contribution in [3.8, 4) is 5.75 Å². The lowest BCUT2D eigenvalue weighted by molar-refractivity contribution is -0.143. The third kappa shape index (κ3) is 4.29. The van der Waals surface area contributed by atoms with Crippen LogP contribution in [0.4, 0.5) is 5.69 Å². The SMILES string of the molecule is COc1ccc(NC(=O)C2(C(=O)N3CCC(Cc4ccccc4)CC3)CC2)cc1. The number of rotatable bonds is 6. The number of hydrogen-bond acceptors (Lipinski definition) is 3. The Morgan fingerprint density at radius 2 is 1.69 bits per heavy atom. The Hall–Kier alpha value is -2.82. The average molecular weight is 392 g/mol. The molecule has 0 radical (unpaired) electrons. The van der Waals surface area contributed by atoms with Gasteiger partial charge in [-0.2, -0.15) is 0 Å². The molecule has 1 N–H and O–H groups in total. The Kier molecular flexibility index (Phi) is 5.56. The largest absolute Gasteiger partial charge is 0.497 e. The number of methoxy groups -OCH3 is 1. The van der Waals surface area contributed by atoms with Crippen LogP contribution in [-0.2, 0) is 16.0 Å². The topological polar surface area (TPSA) is 58.6 Å². The molecular weight excluding hydrogens is 364 g/mol. The van der Waals surface area contributed by atoms with Gasteiger partial charge in [-0.1, -0.05) is 30.3 Å². The van der Waals surface area contributed by atoms with Gasteiger partial charge in [0.2, 0.25) is 11.8 Å². The highest BCUT2D eigenvalue weighted by molar-refractivity contribution is 6.13. The predicted molar refractivity (Wildman–Crippen MR) is 113 cm³/mol. The monoisotopic (exact) mass is 392 g/mol. The van der Waals surface area contributed by atoms with E-state index in [0.29, 0.717) is 24.4 Å². The third-order valence-electron chi connectivity index (χ3n) is 6.21. The molecule has 5 nitrogen and oxygen atoms in total. The number of amides is 2. The molecule has 0 bridgehead atoms. The second-order valence-electron chi connectivity index (χ2n) is 8.19. The molecule has 4 rings (SSSR count). The standard InChI is InChI=1S/C24H28N2O3/c1-29-21-9-7-20(8-10-21)25-22(27)24(13-14-24)23(28)26-15-11-19(12-16-26)17-18-5-3-2-4-6-18/h2-10,19H,11-17H2,1H3,(H,25,27). The quantitative estimate of drug-likeness (QED) is 0.759. The van der Waals surface area contributed by atoms with E-state index in [2.05, 4.69) is 29.6 Å². The van der Waals surface area contributed by atoms with Gasteiger partial charge in [0.15, 0.2) is 0 Å². The van der Waals surface area contributed by atoms with Crippen molar-refractivity contribution in [2.75, 3.05) is 25.5 Å². The van der Waals surface area contributed by atoms with Crippen molar-refractivity contribution in [1.82, 2.24) is 4.90 Å². The molecule has 2 aromatic rings. The van der Waals surface area contributed by atoms with E-state index in [1.165, 1.54) is 5.56 Å². The molecule has 1 aliphatic carbocycles. The smallest absolute Gasteiger partial charge is 0.240 e. The van der Waals surface area contributed by atoms with Crippen LogP contribution in [0, 0.1) is 11.3 Å². The molecule has 29 heavy (non-hydrogen) atoms. The zero-order valence-electron chi connectivity index (χ0n) is 16.9. The molecule has 0 aromatic heterocycles. The molecular formula is C24H28N2O3. The summed E-state index contributed by atoms with van der Waals surface area (Å²) >= 11 is 0. The van der Waals surface area contributed by atoms with Crippen molar-refractivity contribution >= 4 is 17.5 Å². The van der Waals surface area contributed by atoms with Gasteiger partial charge in [0.05, 0.1) is 7.11 Å². The maximum atomic E-state index is 13.1. The van der Waals surface area contributed by atoms with E-state index in [1.54, 1.807) is 31.4 Å². The fourth-order valence-electron chi connectivity index (χ4n) is 4.18. The fraction of sp³-hybridized carbons (Fsp3) is 0.417. The zero-order chi connectivity index (χ0) is 20.3. The van der Waals surface area contributed by atoms with Crippen LogP contribution in [-0.4, -0.2) is 36.9 Å². The summed E-state index contributed by atoms with van der Waals surface area (Å²) in [5, 5.41) is 2.92. The molecule has 0 atom stereocenters. The molecule has 2 fully saturated rings. The molecule has 0 unspecified atom stereocenters. The van der Waals surface area contributed by atoms with E-state index in [-0.39, 0.29) is 11.8 Å². The van der Waals surface area contributed by atoms with Crippen molar-refractivity contribution in [3.05, 3.63) is 60.2 Å². The Balaban J connectivity index is 1.32. The molecule has 2 amide bonds. The van der Waals surface area contributed by atoms with Crippen molar-refractivity contribution < 1.29 is 14.3 Å². The van der Waals surface area contributed by atoms with Crippen LogP contribution >= 0.6 is 0 Å². The molecule has 2 aliphatic rings. The van der Waals surface area contributed by atoms with E-state index in [4.69, 9.17) is 4.74 Å². The molecule has 152 valence electrons. The van der Waals surface area contributed by atoms with Gasteiger partial charge in [-0.3, -0.25) is 9.59 Å². The van der Waals surface area contributed by atoms with Crippen molar-refractivity contribution in [1.29, 1.82) is 0 Å². The molecule has 0 spiro atoms. The normalized spacial score (nSPS) is 18.2. The molecule has 1 heterocycles. The number of anilines is 1. The molecule has 1 aliphatic heterocycles. The highest BCUT2D eigenvalue weighted by atomic mass is 16.5. The number of piperidine rings is 1. The summed E-state index contributed by atoms with van der Waals surface area (Å²) in [4.78, 5) is 27.9. The minimum absolute atomic E-state index is 0.00155. The van der Waals surface area contributed by atoms with Crippen LogP contribution in [0.25, 0.3) is 0 Å². The highest BCUT2D eigenvalue weighted by Gasteiger charge is 2.58. The summed E-state index contributed by atoms with van der Waals surface area (Å²) in [5.74, 6) is 1.16. The van der Waals surface area contributed by atoms with E-state index in [1.807, 2.05) is 11.0 Å². The van der Waals surface area contributed by atoms with Gasteiger partial charge in [0, 0.05) is 18.8 Å². The van der Waals surface area contributed by atoms with Crippen LogP contribution < -0.4 is 10.1 Å².